The first-order valence-electron chi connectivity index (χ1n) is 11.1. The van der Waals surface area contributed by atoms with Crippen LogP contribution in [0.3, 0.4) is 0 Å². The third kappa shape index (κ3) is 5.49. The zero-order valence-electron chi connectivity index (χ0n) is 21.0. The van der Waals surface area contributed by atoms with Crippen molar-refractivity contribution in [1.29, 1.82) is 0 Å². The topological polar surface area (TPSA) is 29.5 Å². The predicted molar refractivity (Wildman–Crippen MR) is 133 cm³/mol. The van der Waals surface area contributed by atoms with Crippen molar-refractivity contribution < 1.29 is 9.84 Å². The standard InChI is InChI=1S/C27H42O2Si/c1-25(2,3)19-12-14-20(15-13-19)30(10,11)18-29-22-17-16-21(28)23(26(4,5)6)24(22)27(7,8)9/h12-17,28H,18H2,1-11H3. The Morgan fingerprint density at radius 3 is 1.63 bits per heavy atom. The van der Waals surface area contributed by atoms with E-state index in [0.717, 1.165) is 16.9 Å². The SMILES string of the molecule is CC(C)(C)c1ccc([Si](C)(C)COc2ccc(O)c(C(C)(C)C)c2C(C)(C)C)cc1. The fourth-order valence-corrected chi connectivity index (χ4v) is 5.71. The van der Waals surface area contributed by atoms with E-state index in [-0.39, 0.29) is 16.2 Å². The van der Waals surface area contributed by atoms with Crippen molar-refractivity contribution in [2.24, 2.45) is 0 Å². The van der Waals surface area contributed by atoms with E-state index >= 15 is 0 Å². The lowest BCUT2D eigenvalue weighted by atomic mass is 9.74. The van der Waals surface area contributed by atoms with E-state index in [1.54, 1.807) is 6.07 Å². The van der Waals surface area contributed by atoms with E-state index in [2.05, 4.69) is 99.7 Å². The lowest BCUT2D eigenvalue weighted by Crippen LogP contribution is -2.47. The molecule has 30 heavy (non-hydrogen) atoms. The molecule has 0 atom stereocenters. The number of phenols is 1. The maximum absolute atomic E-state index is 10.7. The summed E-state index contributed by atoms with van der Waals surface area (Å²) in [7, 11) is -1.79. The molecule has 2 aromatic carbocycles. The van der Waals surface area contributed by atoms with Crippen LogP contribution in [0.15, 0.2) is 36.4 Å². The van der Waals surface area contributed by atoms with Crippen LogP contribution < -0.4 is 9.92 Å². The van der Waals surface area contributed by atoms with Crippen LogP contribution >= 0.6 is 0 Å². The highest BCUT2D eigenvalue weighted by molar-refractivity contribution is 6.89. The molecule has 0 aliphatic carbocycles. The van der Waals surface area contributed by atoms with Gasteiger partial charge in [0.1, 0.15) is 19.6 Å². The summed E-state index contributed by atoms with van der Waals surface area (Å²) in [6.45, 7) is 24.5. The second-order valence-electron chi connectivity index (χ2n) is 12.3. The lowest BCUT2D eigenvalue weighted by Gasteiger charge is -2.33. The Morgan fingerprint density at radius 1 is 0.700 bits per heavy atom. The molecular weight excluding hydrogens is 384 g/mol. The van der Waals surface area contributed by atoms with Gasteiger partial charge in [-0.3, -0.25) is 0 Å². The van der Waals surface area contributed by atoms with Crippen LogP contribution in [-0.4, -0.2) is 19.4 Å². The molecule has 166 valence electrons. The van der Waals surface area contributed by atoms with Gasteiger partial charge in [-0.25, -0.2) is 0 Å². The largest absolute Gasteiger partial charge is 0.508 e. The van der Waals surface area contributed by atoms with Crippen LogP contribution in [0.1, 0.15) is 79.0 Å². The first-order valence-corrected chi connectivity index (χ1v) is 14.3. The third-order valence-electron chi connectivity index (χ3n) is 5.77. The minimum atomic E-state index is -1.79. The number of benzene rings is 2. The van der Waals surface area contributed by atoms with Crippen molar-refractivity contribution in [3.8, 4) is 11.5 Å². The molecule has 0 radical (unpaired) electrons. The molecule has 0 spiro atoms. The Morgan fingerprint density at radius 2 is 1.20 bits per heavy atom. The lowest BCUT2D eigenvalue weighted by molar-refractivity contribution is 0.357. The summed E-state index contributed by atoms with van der Waals surface area (Å²) in [5, 5.41) is 12.1. The van der Waals surface area contributed by atoms with Crippen LogP contribution in [-0.2, 0) is 16.2 Å². The van der Waals surface area contributed by atoms with Gasteiger partial charge in [0.15, 0.2) is 0 Å². The van der Waals surface area contributed by atoms with Crippen molar-refractivity contribution in [3.63, 3.8) is 0 Å². The number of ether oxygens (including phenoxy) is 1. The summed E-state index contributed by atoms with van der Waals surface area (Å²) < 4.78 is 6.52. The molecule has 0 aliphatic heterocycles. The zero-order valence-corrected chi connectivity index (χ0v) is 22.0. The smallest absolute Gasteiger partial charge is 0.124 e. The average Bonchev–Trinajstić information content (AvgIpc) is 2.58. The van der Waals surface area contributed by atoms with E-state index in [4.69, 9.17) is 4.74 Å². The van der Waals surface area contributed by atoms with Gasteiger partial charge in [0, 0.05) is 11.1 Å². The van der Waals surface area contributed by atoms with Crippen molar-refractivity contribution in [2.75, 3.05) is 6.23 Å². The van der Waals surface area contributed by atoms with Crippen LogP contribution in [0, 0.1) is 0 Å². The van der Waals surface area contributed by atoms with E-state index in [1.807, 2.05) is 6.07 Å². The van der Waals surface area contributed by atoms with Gasteiger partial charge in [-0.05, 0) is 33.9 Å². The Kier molecular flexibility index (Phi) is 6.60. The summed E-state index contributed by atoms with van der Waals surface area (Å²) in [6, 6.07) is 12.8. The van der Waals surface area contributed by atoms with Gasteiger partial charge in [0.25, 0.3) is 0 Å². The Balaban J connectivity index is 2.39. The van der Waals surface area contributed by atoms with Crippen LogP contribution in [0.5, 0.6) is 11.5 Å². The van der Waals surface area contributed by atoms with Gasteiger partial charge in [-0.2, -0.15) is 0 Å². The Bertz CT molecular complexity index is 873. The molecule has 0 bridgehead atoms. The fraction of sp³-hybridized carbons (Fsp3) is 0.556. The highest BCUT2D eigenvalue weighted by atomic mass is 28.3. The number of rotatable bonds is 4. The molecule has 0 heterocycles. The summed E-state index contributed by atoms with van der Waals surface area (Å²) in [6.07, 6.45) is 0.708. The first kappa shape index (κ1) is 24.5. The molecular formula is C27H42O2Si. The number of hydrogen-bond acceptors (Lipinski definition) is 2. The van der Waals surface area contributed by atoms with Crippen LogP contribution in [0.25, 0.3) is 0 Å². The summed E-state index contributed by atoms with van der Waals surface area (Å²) in [5.74, 6) is 1.26. The molecule has 1 N–H and O–H groups in total. The maximum Gasteiger partial charge on any atom is 0.124 e. The minimum absolute atomic E-state index is 0.128. The number of aromatic hydroxyl groups is 1. The zero-order chi connectivity index (χ0) is 23.1. The fourth-order valence-electron chi connectivity index (χ4n) is 3.96. The highest BCUT2D eigenvalue weighted by Crippen LogP contribution is 2.44. The van der Waals surface area contributed by atoms with Gasteiger partial charge in [-0.1, -0.05) is 105 Å². The first-order chi connectivity index (χ1) is 13.4. The summed E-state index contributed by atoms with van der Waals surface area (Å²) in [5.41, 5.74) is 3.33. The molecule has 0 aromatic heterocycles. The predicted octanol–water partition coefficient (Wildman–Crippen LogP) is 6.82. The van der Waals surface area contributed by atoms with Gasteiger partial charge in [-0.15, -0.1) is 0 Å². The number of hydrogen-bond donors (Lipinski definition) is 1. The molecule has 0 unspecified atom stereocenters. The van der Waals surface area contributed by atoms with Gasteiger partial charge < -0.3 is 9.84 Å². The Labute approximate surface area is 185 Å². The quantitative estimate of drug-likeness (QED) is 0.544. The van der Waals surface area contributed by atoms with Crippen molar-refractivity contribution in [2.45, 2.75) is 91.7 Å². The summed E-state index contributed by atoms with van der Waals surface area (Å²) in [4.78, 5) is 0. The second kappa shape index (κ2) is 8.07. The van der Waals surface area contributed by atoms with E-state index in [1.165, 1.54) is 10.8 Å². The highest BCUT2D eigenvalue weighted by Gasteiger charge is 2.33. The molecule has 0 aliphatic rings. The molecule has 0 saturated heterocycles. The maximum atomic E-state index is 10.7. The molecule has 2 aromatic rings. The minimum Gasteiger partial charge on any atom is -0.508 e. The van der Waals surface area contributed by atoms with Crippen molar-refractivity contribution >= 4 is 13.3 Å². The number of phenolic OH excluding ortho intramolecular Hbond substituents is 1. The second-order valence-corrected chi connectivity index (χ2v) is 17.0. The normalized spacial score (nSPS) is 13.4. The van der Waals surface area contributed by atoms with E-state index in [0.29, 0.717) is 12.0 Å². The Hall–Kier alpha value is -1.74. The molecule has 2 rings (SSSR count). The van der Waals surface area contributed by atoms with E-state index in [9.17, 15) is 5.11 Å². The average molecular weight is 427 g/mol. The van der Waals surface area contributed by atoms with Crippen molar-refractivity contribution in [3.05, 3.63) is 53.1 Å². The van der Waals surface area contributed by atoms with E-state index < -0.39 is 8.07 Å². The summed E-state index contributed by atoms with van der Waals surface area (Å²) >= 11 is 0. The third-order valence-corrected chi connectivity index (χ3v) is 8.53. The van der Waals surface area contributed by atoms with Crippen LogP contribution in [0.4, 0.5) is 0 Å². The molecule has 0 saturated carbocycles. The monoisotopic (exact) mass is 426 g/mol. The van der Waals surface area contributed by atoms with Crippen LogP contribution in [0.2, 0.25) is 13.1 Å². The molecule has 0 amide bonds. The van der Waals surface area contributed by atoms with Gasteiger partial charge >= 0.3 is 0 Å². The molecule has 3 heteroatoms. The van der Waals surface area contributed by atoms with Gasteiger partial charge in [0.2, 0.25) is 0 Å². The van der Waals surface area contributed by atoms with Crippen molar-refractivity contribution in [1.82, 2.24) is 0 Å². The molecule has 0 fully saturated rings. The van der Waals surface area contributed by atoms with Gasteiger partial charge in [0.05, 0.1) is 6.23 Å². The molecule has 2 nitrogen and oxygen atoms in total.